The van der Waals surface area contributed by atoms with Crippen LogP contribution < -0.4 is 15.4 Å². The summed E-state index contributed by atoms with van der Waals surface area (Å²) in [5.41, 5.74) is 7.08. The maximum atomic E-state index is 11.4. The number of carbonyl (C=O) groups excluding carboxylic acids is 1. The second-order valence-electron chi connectivity index (χ2n) is 5.39. The van der Waals surface area contributed by atoms with Crippen LogP contribution in [-0.2, 0) is 0 Å². The number of amides is 1. The van der Waals surface area contributed by atoms with Gasteiger partial charge in [-0.1, -0.05) is 12.1 Å². The minimum absolute atomic E-state index is 0.265. The molecule has 1 unspecified atom stereocenters. The van der Waals surface area contributed by atoms with Crippen molar-refractivity contribution >= 4 is 11.7 Å². The van der Waals surface area contributed by atoms with Crippen LogP contribution in [0.15, 0.2) is 42.6 Å². The van der Waals surface area contributed by atoms with Gasteiger partial charge in [0.15, 0.2) is 0 Å². The zero-order valence-electron chi connectivity index (χ0n) is 12.5. The highest BCUT2D eigenvalue weighted by Crippen LogP contribution is 2.35. The first-order valence-corrected chi connectivity index (χ1v) is 7.35. The van der Waals surface area contributed by atoms with Crippen molar-refractivity contribution in [3.05, 3.63) is 53.7 Å². The van der Waals surface area contributed by atoms with Crippen molar-refractivity contribution in [1.82, 2.24) is 4.98 Å². The summed E-state index contributed by atoms with van der Waals surface area (Å²) in [5, 5.41) is 0. The molecular formula is C17H19N3O2. The van der Waals surface area contributed by atoms with Crippen LogP contribution in [0, 0.1) is 0 Å². The molecule has 2 N–H and O–H groups in total. The van der Waals surface area contributed by atoms with Crippen molar-refractivity contribution in [2.75, 3.05) is 18.6 Å². The van der Waals surface area contributed by atoms with Crippen LogP contribution in [0.3, 0.4) is 0 Å². The largest absolute Gasteiger partial charge is 0.497 e. The van der Waals surface area contributed by atoms with E-state index < -0.39 is 5.91 Å². The smallest absolute Gasteiger partial charge is 0.248 e. The maximum Gasteiger partial charge on any atom is 0.248 e. The summed E-state index contributed by atoms with van der Waals surface area (Å²) in [5.74, 6) is 1.22. The minimum Gasteiger partial charge on any atom is -0.497 e. The SMILES string of the molecule is COc1ccc(C2CCCN2c2cc(C(N)=O)ccn2)cc1. The van der Waals surface area contributed by atoms with Crippen LogP contribution in [-0.4, -0.2) is 24.5 Å². The number of aromatic nitrogens is 1. The van der Waals surface area contributed by atoms with Crippen LogP contribution in [0.25, 0.3) is 0 Å². The van der Waals surface area contributed by atoms with Gasteiger partial charge in [-0.05, 0) is 42.7 Å². The van der Waals surface area contributed by atoms with E-state index in [1.807, 2.05) is 12.1 Å². The van der Waals surface area contributed by atoms with E-state index >= 15 is 0 Å². The third kappa shape index (κ3) is 2.74. The molecule has 2 aromatic rings. The number of primary amides is 1. The number of benzene rings is 1. The van der Waals surface area contributed by atoms with Crippen LogP contribution in [0.2, 0.25) is 0 Å². The Balaban J connectivity index is 1.89. The van der Waals surface area contributed by atoms with Crippen LogP contribution >= 0.6 is 0 Å². The first-order chi connectivity index (χ1) is 10.7. The zero-order chi connectivity index (χ0) is 15.5. The molecule has 114 valence electrons. The summed E-state index contributed by atoms with van der Waals surface area (Å²) in [4.78, 5) is 18.0. The lowest BCUT2D eigenvalue weighted by Gasteiger charge is -2.26. The van der Waals surface area contributed by atoms with Gasteiger partial charge in [-0.25, -0.2) is 4.98 Å². The quantitative estimate of drug-likeness (QED) is 0.941. The number of rotatable bonds is 4. The molecule has 1 aliphatic heterocycles. The van der Waals surface area contributed by atoms with Crippen molar-refractivity contribution < 1.29 is 9.53 Å². The first-order valence-electron chi connectivity index (χ1n) is 7.35. The number of hydrogen-bond acceptors (Lipinski definition) is 4. The molecule has 1 fully saturated rings. The number of ether oxygens (including phenoxy) is 1. The second-order valence-corrected chi connectivity index (χ2v) is 5.39. The molecule has 5 nitrogen and oxygen atoms in total. The second kappa shape index (κ2) is 6.05. The minimum atomic E-state index is -0.427. The molecule has 1 atom stereocenters. The highest BCUT2D eigenvalue weighted by atomic mass is 16.5. The number of carbonyl (C=O) groups is 1. The van der Waals surface area contributed by atoms with Gasteiger partial charge < -0.3 is 15.4 Å². The summed E-state index contributed by atoms with van der Waals surface area (Å²) in [7, 11) is 1.66. The highest BCUT2D eigenvalue weighted by Gasteiger charge is 2.27. The standard InChI is InChI=1S/C17H19N3O2/c1-22-14-6-4-12(5-7-14)15-3-2-10-20(15)16-11-13(17(18)21)8-9-19-16/h4-9,11,15H,2-3,10H2,1H3,(H2,18,21). The molecule has 5 heteroatoms. The fourth-order valence-electron chi connectivity index (χ4n) is 2.94. The Morgan fingerprint density at radius 1 is 1.32 bits per heavy atom. The topological polar surface area (TPSA) is 68.5 Å². The van der Waals surface area contributed by atoms with E-state index in [9.17, 15) is 4.79 Å². The number of methoxy groups -OCH3 is 1. The van der Waals surface area contributed by atoms with Gasteiger partial charge in [0.25, 0.3) is 0 Å². The lowest BCUT2D eigenvalue weighted by Crippen LogP contribution is -2.24. The fourth-order valence-corrected chi connectivity index (χ4v) is 2.94. The molecule has 1 aromatic heterocycles. The summed E-state index contributed by atoms with van der Waals surface area (Å²) in [6, 6.07) is 11.8. The van der Waals surface area contributed by atoms with Gasteiger partial charge in [0.1, 0.15) is 11.6 Å². The Bertz CT molecular complexity index is 670. The maximum absolute atomic E-state index is 11.4. The Morgan fingerprint density at radius 2 is 2.09 bits per heavy atom. The summed E-state index contributed by atoms with van der Waals surface area (Å²) in [6.07, 6.45) is 3.80. The number of nitrogens with zero attached hydrogens (tertiary/aromatic N) is 2. The predicted octanol–water partition coefficient (Wildman–Crippen LogP) is 2.53. The molecule has 1 amide bonds. The predicted molar refractivity (Wildman–Crippen MR) is 85.1 cm³/mol. The monoisotopic (exact) mass is 297 g/mol. The van der Waals surface area contributed by atoms with Gasteiger partial charge >= 0.3 is 0 Å². The number of nitrogens with two attached hydrogens (primary N) is 1. The van der Waals surface area contributed by atoms with E-state index in [-0.39, 0.29) is 6.04 Å². The Hall–Kier alpha value is -2.56. The van der Waals surface area contributed by atoms with Crippen LogP contribution in [0.1, 0.15) is 34.8 Å². The summed E-state index contributed by atoms with van der Waals surface area (Å²) < 4.78 is 5.21. The number of pyridine rings is 1. The number of anilines is 1. The van der Waals surface area contributed by atoms with Gasteiger partial charge in [-0.15, -0.1) is 0 Å². The Labute approximate surface area is 129 Å². The molecule has 0 bridgehead atoms. The van der Waals surface area contributed by atoms with Gasteiger partial charge in [-0.2, -0.15) is 0 Å². The average molecular weight is 297 g/mol. The van der Waals surface area contributed by atoms with E-state index in [1.54, 1.807) is 25.4 Å². The lowest BCUT2D eigenvalue weighted by molar-refractivity contribution is 0.1000. The van der Waals surface area contributed by atoms with Gasteiger partial charge in [0.05, 0.1) is 13.2 Å². The summed E-state index contributed by atoms with van der Waals surface area (Å²) in [6.45, 7) is 0.923. The van der Waals surface area contributed by atoms with Crippen molar-refractivity contribution in [1.29, 1.82) is 0 Å². The third-order valence-corrected chi connectivity index (χ3v) is 4.08. The van der Waals surface area contributed by atoms with E-state index in [1.165, 1.54) is 5.56 Å². The molecule has 0 spiro atoms. The van der Waals surface area contributed by atoms with E-state index in [0.29, 0.717) is 5.56 Å². The molecular weight excluding hydrogens is 278 g/mol. The fraction of sp³-hybridized carbons (Fsp3) is 0.294. The molecule has 0 radical (unpaired) electrons. The normalized spacial score (nSPS) is 17.5. The number of hydrogen-bond donors (Lipinski definition) is 1. The lowest BCUT2D eigenvalue weighted by atomic mass is 10.0. The molecule has 1 saturated heterocycles. The first kappa shape index (κ1) is 14.4. The van der Waals surface area contributed by atoms with Crippen molar-refractivity contribution in [3.63, 3.8) is 0 Å². The molecule has 0 saturated carbocycles. The Morgan fingerprint density at radius 3 is 2.77 bits per heavy atom. The highest BCUT2D eigenvalue weighted by molar-refractivity contribution is 5.93. The zero-order valence-corrected chi connectivity index (χ0v) is 12.5. The van der Waals surface area contributed by atoms with Crippen LogP contribution in [0.5, 0.6) is 5.75 Å². The van der Waals surface area contributed by atoms with E-state index in [4.69, 9.17) is 10.5 Å². The Kier molecular flexibility index (Phi) is 3.96. The molecule has 1 aromatic carbocycles. The van der Waals surface area contributed by atoms with E-state index in [0.717, 1.165) is 31.0 Å². The van der Waals surface area contributed by atoms with Crippen LogP contribution in [0.4, 0.5) is 5.82 Å². The third-order valence-electron chi connectivity index (χ3n) is 4.08. The van der Waals surface area contributed by atoms with Gasteiger partial charge in [0, 0.05) is 18.3 Å². The van der Waals surface area contributed by atoms with Crippen molar-refractivity contribution in [3.8, 4) is 5.75 Å². The molecule has 3 rings (SSSR count). The molecule has 1 aliphatic rings. The van der Waals surface area contributed by atoms with Gasteiger partial charge in [0.2, 0.25) is 5.91 Å². The molecule has 22 heavy (non-hydrogen) atoms. The van der Waals surface area contributed by atoms with Crippen molar-refractivity contribution in [2.45, 2.75) is 18.9 Å². The van der Waals surface area contributed by atoms with E-state index in [2.05, 4.69) is 22.0 Å². The molecule has 0 aliphatic carbocycles. The average Bonchev–Trinajstić information content (AvgIpc) is 3.04. The molecule has 2 heterocycles. The van der Waals surface area contributed by atoms with Gasteiger partial charge in [-0.3, -0.25) is 4.79 Å². The van der Waals surface area contributed by atoms with Crippen molar-refractivity contribution in [2.24, 2.45) is 5.73 Å². The summed E-state index contributed by atoms with van der Waals surface area (Å²) >= 11 is 0.